The van der Waals surface area contributed by atoms with Crippen molar-refractivity contribution in [3.05, 3.63) is 34.9 Å². The van der Waals surface area contributed by atoms with Crippen molar-refractivity contribution in [2.24, 2.45) is 0 Å². The molecule has 2 saturated heterocycles. The van der Waals surface area contributed by atoms with Gasteiger partial charge >= 0.3 is 0 Å². The maximum Gasteiger partial charge on any atom is 0.0461 e. The lowest BCUT2D eigenvalue weighted by atomic mass is 9.82. The van der Waals surface area contributed by atoms with E-state index in [1.54, 1.807) is 0 Å². The Labute approximate surface area is 102 Å². The zero-order chi connectivity index (χ0) is 11.2. The lowest BCUT2D eigenvalue weighted by Crippen LogP contribution is -2.45. The molecule has 2 heteroatoms. The van der Waals surface area contributed by atoms with E-state index in [0.29, 0.717) is 5.54 Å². The summed E-state index contributed by atoms with van der Waals surface area (Å²) in [6, 6.07) is 9.30. The van der Waals surface area contributed by atoms with Gasteiger partial charge in [-0.05, 0) is 56.8 Å². The minimum absolute atomic E-state index is 0.313. The molecule has 1 aromatic rings. The van der Waals surface area contributed by atoms with Crippen molar-refractivity contribution in [3.63, 3.8) is 0 Å². The Morgan fingerprint density at radius 2 is 1.94 bits per heavy atom. The van der Waals surface area contributed by atoms with Gasteiger partial charge in [0, 0.05) is 16.6 Å². The van der Waals surface area contributed by atoms with Crippen LogP contribution >= 0.6 is 11.6 Å². The Kier molecular flexibility index (Phi) is 2.49. The summed E-state index contributed by atoms with van der Waals surface area (Å²) < 4.78 is 0. The van der Waals surface area contributed by atoms with Crippen molar-refractivity contribution < 1.29 is 0 Å². The van der Waals surface area contributed by atoms with Crippen molar-refractivity contribution in [3.8, 4) is 0 Å². The Balaban J connectivity index is 2.01. The predicted octanol–water partition coefficient (Wildman–Crippen LogP) is 3.81. The summed E-state index contributed by atoms with van der Waals surface area (Å²) in [5.74, 6) is 0. The molecule has 0 aromatic heterocycles. The molecule has 0 aliphatic carbocycles. The molecule has 2 atom stereocenters. The average Bonchev–Trinajstić information content (AvgIpc) is 2.52. The molecule has 0 unspecified atom stereocenters. The lowest BCUT2D eigenvalue weighted by molar-refractivity contribution is 0.0805. The Hall–Kier alpha value is -0.530. The molecule has 1 nitrogen and oxygen atoms in total. The van der Waals surface area contributed by atoms with Crippen LogP contribution in [-0.2, 0) is 5.54 Å². The van der Waals surface area contributed by atoms with Crippen molar-refractivity contribution in [2.45, 2.75) is 43.7 Å². The summed E-state index contributed by atoms with van der Waals surface area (Å²) in [6.07, 6.45) is 6.74. The quantitative estimate of drug-likeness (QED) is 0.716. The number of piperidine rings is 1. The molecule has 2 bridgehead atoms. The first kappa shape index (κ1) is 10.6. The van der Waals surface area contributed by atoms with E-state index in [2.05, 4.69) is 24.1 Å². The number of hydrogen-bond acceptors (Lipinski definition) is 1. The minimum atomic E-state index is 0.313. The molecule has 2 heterocycles. The molecular weight excluding hydrogens is 218 g/mol. The van der Waals surface area contributed by atoms with Crippen molar-refractivity contribution in [1.82, 2.24) is 4.90 Å². The van der Waals surface area contributed by atoms with Crippen LogP contribution in [0.3, 0.4) is 0 Å². The summed E-state index contributed by atoms with van der Waals surface area (Å²) in [7, 11) is 2.30. The second-order valence-electron chi connectivity index (χ2n) is 5.23. The average molecular weight is 236 g/mol. The van der Waals surface area contributed by atoms with Crippen LogP contribution in [0.25, 0.3) is 0 Å². The maximum absolute atomic E-state index is 5.97. The third-order valence-electron chi connectivity index (χ3n) is 4.62. The number of rotatable bonds is 1. The number of hydrogen-bond donors (Lipinski definition) is 0. The first-order chi connectivity index (χ1) is 7.72. The van der Waals surface area contributed by atoms with Crippen LogP contribution in [-0.4, -0.2) is 18.0 Å². The van der Waals surface area contributed by atoms with Crippen LogP contribution in [0, 0.1) is 0 Å². The third-order valence-corrected chi connectivity index (χ3v) is 4.88. The maximum atomic E-state index is 5.97. The highest BCUT2D eigenvalue weighted by molar-refractivity contribution is 6.30. The second-order valence-corrected chi connectivity index (χ2v) is 5.67. The minimum Gasteiger partial charge on any atom is -0.294 e. The highest BCUT2D eigenvalue weighted by Crippen LogP contribution is 2.49. The standard InChI is InChI=1S/C14H18ClN/c1-16-13-3-2-9-14(16,10-8-13)11-4-6-12(15)7-5-11/h4-7,13H,2-3,8-10H2,1H3/t13-,14+/m1/s1. The van der Waals surface area contributed by atoms with Crippen LogP contribution < -0.4 is 0 Å². The Morgan fingerprint density at radius 3 is 2.69 bits per heavy atom. The topological polar surface area (TPSA) is 3.24 Å². The van der Waals surface area contributed by atoms with Crippen LogP contribution in [0.15, 0.2) is 24.3 Å². The summed E-state index contributed by atoms with van der Waals surface area (Å²) >= 11 is 5.97. The number of nitrogens with zero attached hydrogens (tertiary/aromatic N) is 1. The van der Waals surface area contributed by atoms with Gasteiger partial charge in [0.05, 0.1) is 0 Å². The molecule has 86 valence electrons. The summed E-state index contributed by atoms with van der Waals surface area (Å²) in [6.45, 7) is 0. The third kappa shape index (κ3) is 1.42. The molecule has 0 amide bonds. The fourth-order valence-corrected chi connectivity index (χ4v) is 3.77. The van der Waals surface area contributed by atoms with E-state index in [0.717, 1.165) is 11.1 Å². The first-order valence-electron chi connectivity index (χ1n) is 6.21. The fourth-order valence-electron chi connectivity index (χ4n) is 3.65. The molecule has 16 heavy (non-hydrogen) atoms. The van der Waals surface area contributed by atoms with Crippen LogP contribution in [0.4, 0.5) is 0 Å². The molecule has 2 fully saturated rings. The number of fused-ring (bicyclic) bond motifs is 2. The van der Waals surface area contributed by atoms with Gasteiger partial charge in [-0.2, -0.15) is 0 Å². The van der Waals surface area contributed by atoms with E-state index in [-0.39, 0.29) is 0 Å². The highest BCUT2D eigenvalue weighted by Gasteiger charge is 2.47. The van der Waals surface area contributed by atoms with E-state index >= 15 is 0 Å². The summed E-state index contributed by atoms with van der Waals surface area (Å²) in [4.78, 5) is 2.61. The highest BCUT2D eigenvalue weighted by atomic mass is 35.5. The van der Waals surface area contributed by atoms with E-state index in [1.807, 2.05) is 12.1 Å². The zero-order valence-corrected chi connectivity index (χ0v) is 10.5. The Bertz CT molecular complexity index is 382. The summed E-state index contributed by atoms with van der Waals surface area (Å²) in [5.41, 5.74) is 1.77. The van der Waals surface area contributed by atoms with Gasteiger partial charge in [-0.15, -0.1) is 0 Å². The van der Waals surface area contributed by atoms with Gasteiger partial charge in [0.15, 0.2) is 0 Å². The molecule has 1 aromatic carbocycles. The second kappa shape index (κ2) is 3.75. The monoisotopic (exact) mass is 235 g/mol. The largest absolute Gasteiger partial charge is 0.294 e. The number of halogens is 1. The van der Waals surface area contributed by atoms with Gasteiger partial charge in [0.1, 0.15) is 0 Å². The normalized spacial score (nSPS) is 34.2. The smallest absolute Gasteiger partial charge is 0.0461 e. The van der Waals surface area contributed by atoms with E-state index < -0.39 is 0 Å². The predicted molar refractivity (Wildman–Crippen MR) is 67.8 cm³/mol. The van der Waals surface area contributed by atoms with Crippen LogP contribution in [0.1, 0.15) is 37.7 Å². The van der Waals surface area contributed by atoms with Gasteiger partial charge in [-0.3, -0.25) is 4.90 Å². The molecule has 0 spiro atoms. The molecular formula is C14H18ClN. The van der Waals surface area contributed by atoms with E-state index in [4.69, 9.17) is 11.6 Å². The fraction of sp³-hybridized carbons (Fsp3) is 0.571. The van der Waals surface area contributed by atoms with Gasteiger partial charge in [-0.25, -0.2) is 0 Å². The zero-order valence-electron chi connectivity index (χ0n) is 9.75. The molecule has 0 radical (unpaired) electrons. The van der Waals surface area contributed by atoms with E-state index in [9.17, 15) is 0 Å². The molecule has 3 rings (SSSR count). The van der Waals surface area contributed by atoms with Crippen molar-refractivity contribution in [1.29, 1.82) is 0 Å². The number of benzene rings is 1. The molecule has 2 aliphatic rings. The Morgan fingerprint density at radius 1 is 1.19 bits per heavy atom. The van der Waals surface area contributed by atoms with Crippen LogP contribution in [0.2, 0.25) is 5.02 Å². The van der Waals surface area contributed by atoms with Crippen molar-refractivity contribution in [2.75, 3.05) is 7.05 Å². The lowest BCUT2D eigenvalue weighted by Gasteiger charge is -2.43. The SMILES string of the molecule is CN1[C@@H]2CCC[C@@]1(c1ccc(Cl)cc1)CC2. The molecule has 0 saturated carbocycles. The van der Waals surface area contributed by atoms with Gasteiger partial charge < -0.3 is 0 Å². The van der Waals surface area contributed by atoms with Gasteiger partial charge in [-0.1, -0.05) is 23.7 Å². The summed E-state index contributed by atoms with van der Waals surface area (Å²) in [5, 5.41) is 0.841. The molecule has 0 N–H and O–H groups in total. The van der Waals surface area contributed by atoms with Gasteiger partial charge in [0.25, 0.3) is 0 Å². The first-order valence-corrected chi connectivity index (χ1v) is 6.59. The van der Waals surface area contributed by atoms with Gasteiger partial charge in [0.2, 0.25) is 0 Å². The van der Waals surface area contributed by atoms with E-state index in [1.165, 1.54) is 37.7 Å². The van der Waals surface area contributed by atoms with Crippen molar-refractivity contribution >= 4 is 11.6 Å². The van der Waals surface area contributed by atoms with Crippen LogP contribution in [0.5, 0.6) is 0 Å². The molecule has 2 aliphatic heterocycles.